The molecule has 22 heavy (non-hydrogen) atoms. The summed E-state index contributed by atoms with van der Waals surface area (Å²) in [5, 5.41) is 3.68. The minimum Gasteiger partial charge on any atom is -0.377 e. The first-order valence-corrected chi connectivity index (χ1v) is 8.68. The van der Waals surface area contributed by atoms with Gasteiger partial charge in [-0.15, -0.1) is 11.3 Å². The van der Waals surface area contributed by atoms with Crippen LogP contribution in [0.1, 0.15) is 28.3 Å². The molecule has 1 nitrogen and oxygen atoms in total. The highest BCUT2D eigenvalue weighted by Gasteiger charge is 2.23. The molecule has 0 aliphatic carbocycles. The molecule has 3 aromatic rings. The lowest BCUT2D eigenvalue weighted by molar-refractivity contribution is 0.843. The summed E-state index contributed by atoms with van der Waals surface area (Å²) in [6.45, 7) is 2.22. The van der Waals surface area contributed by atoms with Gasteiger partial charge in [-0.2, -0.15) is 0 Å². The number of anilines is 1. The first kappa shape index (κ1) is 13.6. The van der Waals surface area contributed by atoms with Crippen molar-refractivity contribution in [1.82, 2.24) is 0 Å². The summed E-state index contributed by atoms with van der Waals surface area (Å²) >= 11 is 1.94. The zero-order valence-electron chi connectivity index (χ0n) is 12.7. The van der Waals surface area contributed by atoms with Crippen LogP contribution in [0.3, 0.4) is 0 Å². The van der Waals surface area contributed by atoms with Gasteiger partial charge in [0, 0.05) is 15.4 Å². The molecular weight excluding hydrogens is 286 g/mol. The average Bonchev–Trinajstić information content (AvgIpc) is 3.21. The average molecular weight is 305 g/mol. The summed E-state index contributed by atoms with van der Waals surface area (Å²) in [4.78, 5) is 2.92. The van der Waals surface area contributed by atoms with Crippen LogP contribution < -0.4 is 5.32 Å². The van der Waals surface area contributed by atoms with E-state index in [1.807, 2.05) is 11.3 Å². The Morgan fingerprint density at radius 1 is 1.00 bits per heavy atom. The largest absolute Gasteiger partial charge is 0.377 e. The molecule has 0 radical (unpaired) electrons. The molecule has 1 unspecified atom stereocenters. The molecule has 4 rings (SSSR count). The number of benzene rings is 2. The summed E-state index contributed by atoms with van der Waals surface area (Å²) in [6.07, 6.45) is 2.21. The number of rotatable bonds is 3. The fourth-order valence-electron chi connectivity index (χ4n) is 3.12. The molecular formula is C20H19NS. The van der Waals surface area contributed by atoms with Gasteiger partial charge in [0.25, 0.3) is 0 Å². The van der Waals surface area contributed by atoms with E-state index in [4.69, 9.17) is 0 Å². The lowest BCUT2D eigenvalue weighted by atomic mass is 10.0. The van der Waals surface area contributed by atoms with E-state index < -0.39 is 0 Å². The van der Waals surface area contributed by atoms with Crippen LogP contribution in [0.15, 0.2) is 60.7 Å². The maximum absolute atomic E-state index is 3.68. The number of fused-ring (bicyclic) bond motifs is 1. The molecule has 0 saturated carbocycles. The third kappa shape index (κ3) is 2.44. The molecule has 1 N–H and O–H groups in total. The minimum absolute atomic E-state index is 0.436. The highest BCUT2D eigenvalue weighted by molar-refractivity contribution is 7.12. The highest BCUT2D eigenvalue weighted by atomic mass is 32.1. The van der Waals surface area contributed by atoms with Gasteiger partial charge in [0.05, 0.1) is 6.04 Å². The van der Waals surface area contributed by atoms with Gasteiger partial charge in [0.2, 0.25) is 0 Å². The van der Waals surface area contributed by atoms with E-state index in [-0.39, 0.29) is 0 Å². The first-order chi connectivity index (χ1) is 10.8. The van der Waals surface area contributed by atoms with Crippen molar-refractivity contribution in [3.63, 3.8) is 0 Å². The molecule has 2 heterocycles. The molecule has 0 spiro atoms. The Kier molecular flexibility index (Phi) is 3.47. The van der Waals surface area contributed by atoms with E-state index in [2.05, 4.69) is 72.9 Å². The van der Waals surface area contributed by atoms with Crippen LogP contribution in [0.5, 0.6) is 0 Å². The standard InChI is InChI=1S/C20H19NS/c1-2-17-9-11-20(22-17)19-13-16-12-15(8-10-18(16)21-19)14-6-4-3-5-7-14/h3-12,19,21H,2,13H2,1H3. The Hall–Kier alpha value is -2.06. The van der Waals surface area contributed by atoms with Gasteiger partial charge in [-0.1, -0.05) is 43.3 Å². The third-order valence-electron chi connectivity index (χ3n) is 4.34. The van der Waals surface area contributed by atoms with Crippen LogP contribution in [0, 0.1) is 0 Å². The minimum atomic E-state index is 0.436. The van der Waals surface area contributed by atoms with Gasteiger partial charge in [-0.05, 0) is 53.8 Å². The van der Waals surface area contributed by atoms with Crippen LogP contribution in [0.4, 0.5) is 5.69 Å². The summed E-state index contributed by atoms with van der Waals surface area (Å²) in [6, 6.07) is 22.4. The van der Waals surface area contributed by atoms with Crippen molar-refractivity contribution in [3.8, 4) is 11.1 Å². The quantitative estimate of drug-likeness (QED) is 0.655. The SMILES string of the molecule is CCc1ccc(C2Cc3cc(-c4ccccc4)ccc3N2)s1. The number of nitrogens with one attached hydrogen (secondary N) is 1. The zero-order valence-corrected chi connectivity index (χ0v) is 13.5. The van der Waals surface area contributed by atoms with Crippen molar-refractivity contribution in [2.24, 2.45) is 0 Å². The smallest absolute Gasteiger partial charge is 0.0647 e. The van der Waals surface area contributed by atoms with Gasteiger partial charge >= 0.3 is 0 Å². The number of thiophene rings is 1. The fraction of sp³-hybridized carbons (Fsp3) is 0.200. The van der Waals surface area contributed by atoms with Crippen molar-refractivity contribution in [2.75, 3.05) is 5.32 Å². The van der Waals surface area contributed by atoms with Gasteiger partial charge in [0.15, 0.2) is 0 Å². The molecule has 2 heteroatoms. The molecule has 0 fully saturated rings. The van der Waals surface area contributed by atoms with Crippen molar-refractivity contribution in [1.29, 1.82) is 0 Å². The Balaban J connectivity index is 1.61. The molecule has 0 bridgehead atoms. The van der Waals surface area contributed by atoms with Crippen molar-refractivity contribution in [2.45, 2.75) is 25.8 Å². The van der Waals surface area contributed by atoms with Crippen LogP contribution in [0.25, 0.3) is 11.1 Å². The van der Waals surface area contributed by atoms with Crippen molar-refractivity contribution in [3.05, 3.63) is 76.0 Å². The highest BCUT2D eigenvalue weighted by Crippen LogP contribution is 2.38. The normalized spacial score (nSPS) is 16.3. The van der Waals surface area contributed by atoms with E-state index in [1.54, 1.807) is 0 Å². The van der Waals surface area contributed by atoms with Crippen LogP contribution in [0.2, 0.25) is 0 Å². The number of hydrogen-bond donors (Lipinski definition) is 1. The fourth-order valence-corrected chi connectivity index (χ4v) is 4.12. The van der Waals surface area contributed by atoms with Gasteiger partial charge in [-0.25, -0.2) is 0 Å². The summed E-state index contributed by atoms with van der Waals surface area (Å²) in [5.74, 6) is 0. The number of aryl methyl sites for hydroxylation is 1. The third-order valence-corrected chi connectivity index (χ3v) is 5.68. The molecule has 1 atom stereocenters. The molecule has 0 saturated heterocycles. The van der Waals surface area contributed by atoms with Crippen molar-refractivity contribution >= 4 is 17.0 Å². The van der Waals surface area contributed by atoms with Crippen molar-refractivity contribution < 1.29 is 0 Å². The summed E-state index contributed by atoms with van der Waals surface area (Å²) in [7, 11) is 0. The van der Waals surface area contributed by atoms with Crippen LogP contribution >= 0.6 is 11.3 Å². The van der Waals surface area contributed by atoms with Gasteiger partial charge in [0.1, 0.15) is 0 Å². The van der Waals surface area contributed by atoms with E-state index in [1.165, 1.54) is 32.1 Å². The Morgan fingerprint density at radius 2 is 1.86 bits per heavy atom. The Bertz CT molecular complexity index is 788. The Morgan fingerprint density at radius 3 is 2.64 bits per heavy atom. The topological polar surface area (TPSA) is 12.0 Å². The molecule has 110 valence electrons. The second kappa shape index (κ2) is 5.62. The van der Waals surface area contributed by atoms with E-state index in [9.17, 15) is 0 Å². The van der Waals surface area contributed by atoms with Gasteiger partial charge in [-0.3, -0.25) is 0 Å². The molecule has 1 aliphatic heterocycles. The predicted octanol–water partition coefficient (Wildman–Crippen LogP) is 5.69. The molecule has 1 aliphatic rings. The van der Waals surface area contributed by atoms with Crippen LogP contribution in [-0.4, -0.2) is 0 Å². The van der Waals surface area contributed by atoms with E-state index >= 15 is 0 Å². The van der Waals surface area contributed by atoms with Gasteiger partial charge < -0.3 is 5.32 Å². The van der Waals surface area contributed by atoms with E-state index in [0.29, 0.717) is 6.04 Å². The number of hydrogen-bond acceptors (Lipinski definition) is 2. The predicted molar refractivity (Wildman–Crippen MR) is 95.6 cm³/mol. The maximum Gasteiger partial charge on any atom is 0.0647 e. The molecule has 2 aromatic carbocycles. The maximum atomic E-state index is 3.68. The second-order valence-corrected chi connectivity index (χ2v) is 7.00. The first-order valence-electron chi connectivity index (χ1n) is 7.87. The lowest BCUT2D eigenvalue weighted by Crippen LogP contribution is -2.02. The summed E-state index contributed by atoms with van der Waals surface area (Å²) < 4.78 is 0. The monoisotopic (exact) mass is 305 g/mol. The summed E-state index contributed by atoms with van der Waals surface area (Å²) in [5.41, 5.74) is 5.31. The second-order valence-electron chi connectivity index (χ2n) is 5.80. The Labute approximate surface area is 135 Å². The molecule has 0 amide bonds. The zero-order chi connectivity index (χ0) is 14.9. The lowest BCUT2D eigenvalue weighted by Gasteiger charge is -2.08. The molecule has 1 aromatic heterocycles. The van der Waals surface area contributed by atoms with E-state index in [0.717, 1.165) is 12.8 Å². The van der Waals surface area contributed by atoms with Crippen LogP contribution in [-0.2, 0) is 12.8 Å².